The zero-order chi connectivity index (χ0) is 45.6. The maximum absolute atomic E-state index is 13.5. The lowest BCUT2D eigenvalue weighted by Crippen LogP contribution is -2.30. The Morgan fingerprint density at radius 2 is 0.828 bits per heavy atom. The summed E-state index contributed by atoms with van der Waals surface area (Å²) in [6.07, 6.45) is 5.06. The van der Waals surface area contributed by atoms with Crippen molar-refractivity contribution in [2.24, 2.45) is 23.7 Å². The average Bonchev–Trinajstić information content (AvgIpc) is 3.77. The Morgan fingerprint density at radius 3 is 1.14 bits per heavy atom. The lowest BCUT2D eigenvalue weighted by atomic mass is 9.82. The molecule has 2 saturated carbocycles. The van der Waals surface area contributed by atoms with Crippen molar-refractivity contribution in [3.05, 3.63) is 95.8 Å². The lowest BCUT2D eigenvalue weighted by Gasteiger charge is -2.26. The van der Waals surface area contributed by atoms with Crippen molar-refractivity contribution in [2.45, 2.75) is 61.2 Å². The minimum absolute atomic E-state index is 0.150. The van der Waals surface area contributed by atoms with Gasteiger partial charge in [0.2, 0.25) is 13.6 Å². The molecule has 0 saturated heterocycles. The van der Waals surface area contributed by atoms with Gasteiger partial charge in [0.1, 0.15) is 52.2 Å². The normalized spacial score (nSPS) is 18.6. The van der Waals surface area contributed by atoms with Crippen molar-refractivity contribution in [2.75, 3.05) is 13.6 Å². The number of carbonyl (C=O) groups is 6. The summed E-state index contributed by atoms with van der Waals surface area (Å²) < 4.78 is 43.4. The standard InChI is InChI=1S/C46H40N2O14S2/c1-3-38(49)57-25-55-32-13-17-34(18-14-32)59-42(51)27-5-9-29(10-6-27)44(53)61-36-21-22-37(41-40(36)63-46(64-41)31(23-47)24-48)62-45(54)30-11-7-28(8-12-30)43(52)60-35-19-15-33(16-20-35)56-26-58-39(50)4-2/h3-4,13-22,27-30H,1-2,5-12,25-26H2. The molecule has 2 aliphatic carbocycles. The van der Waals surface area contributed by atoms with E-state index in [0.29, 0.717) is 88.4 Å². The number of ether oxygens (including phenoxy) is 8. The summed E-state index contributed by atoms with van der Waals surface area (Å²) in [5, 5.41) is 19.2. The van der Waals surface area contributed by atoms with Crippen LogP contribution in [0.5, 0.6) is 34.5 Å². The van der Waals surface area contributed by atoms with Crippen molar-refractivity contribution in [3.63, 3.8) is 0 Å². The van der Waals surface area contributed by atoms with Gasteiger partial charge in [-0.05, 0) is 112 Å². The van der Waals surface area contributed by atoms with Crippen LogP contribution >= 0.6 is 23.5 Å². The van der Waals surface area contributed by atoms with E-state index < -0.39 is 59.5 Å². The number of thioether (sulfide) groups is 2. The summed E-state index contributed by atoms with van der Waals surface area (Å²) in [6, 6.07) is 19.2. The minimum atomic E-state index is -0.624. The van der Waals surface area contributed by atoms with Gasteiger partial charge in [0, 0.05) is 12.2 Å². The first kappa shape index (κ1) is 46.5. The van der Waals surface area contributed by atoms with Crippen LogP contribution in [0.3, 0.4) is 0 Å². The van der Waals surface area contributed by atoms with Gasteiger partial charge >= 0.3 is 35.8 Å². The summed E-state index contributed by atoms with van der Waals surface area (Å²) in [6.45, 7) is 6.01. The molecular weight excluding hydrogens is 869 g/mol. The van der Waals surface area contributed by atoms with E-state index in [-0.39, 0.29) is 30.7 Å². The molecule has 6 rings (SSSR count). The second-order valence-corrected chi connectivity index (χ2v) is 16.7. The highest BCUT2D eigenvalue weighted by Crippen LogP contribution is 2.59. The van der Waals surface area contributed by atoms with Crippen LogP contribution in [-0.4, -0.2) is 49.4 Å². The molecule has 1 heterocycles. The van der Waals surface area contributed by atoms with Crippen molar-refractivity contribution < 1.29 is 66.7 Å². The van der Waals surface area contributed by atoms with E-state index in [9.17, 15) is 39.3 Å². The Balaban J connectivity index is 1.00. The fraction of sp³-hybridized carbons (Fsp3) is 0.304. The first-order chi connectivity index (χ1) is 31.0. The Labute approximate surface area is 376 Å². The zero-order valence-corrected chi connectivity index (χ0v) is 35.8. The van der Waals surface area contributed by atoms with Gasteiger partial charge < -0.3 is 37.9 Å². The largest absolute Gasteiger partial charge is 0.457 e. The Hall–Kier alpha value is -7.02. The number of fused-ring (bicyclic) bond motifs is 1. The van der Waals surface area contributed by atoms with Gasteiger partial charge in [-0.3, -0.25) is 19.2 Å². The van der Waals surface area contributed by atoms with Crippen LogP contribution in [0.2, 0.25) is 0 Å². The highest BCUT2D eigenvalue weighted by molar-refractivity contribution is 8.24. The number of esters is 6. The quantitative estimate of drug-likeness (QED) is 0.0437. The Morgan fingerprint density at radius 1 is 0.516 bits per heavy atom. The summed E-state index contributed by atoms with van der Waals surface area (Å²) in [5.74, 6) is -3.30. The van der Waals surface area contributed by atoms with Gasteiger partial charge in [-0.15, -0.1) is 0 Å². The highest BCUT2D eigenvalue weighted by Gasteiger charge is 2.36. The Bertz CT molecular complexity index is 2240. The molecule has 0 amide bonds. The summed E-state index contributed by atoms with van der Waals surface area (Å²) in [4.78, 5) is 76.1. The minimum Gasteiger partial charge on any atom is -0.457 e. The van der Waals surface area contributed by atoms with E-state index in [1.807, 2.05) is 12.1 Å². The molecule has 0 N–H and O–H groups in total. The first-order valence-electron chi connectivity index (χ1n) is 20.0. The fourth-order valence-corrected chi connectivity index (χ4v) is 9.34. The molecule has 0 unspecified atom stereocenters. The molecule has 0 bridgehead atoms. The van der Waals surface area contributed by atoms with Crippen molar-refractivity contribution in [3.8, 4) is 46.6 Å². The number of nitriles is 2. The number of rotatable bonds is 16. The van der Waals surface area contributed by atoms with Gasteiger partial charge in [-0.2, -0.15) is 10.5 Å². The van der Waals surface area contributed by atoms with Crippen LogP contribution in [0.15, 0.2) is 106 Å². The summed E-state index contributed by atoms with van der Waals surface area (Å²) in [7, 11) is 0. The molecule has 16 nitrogen and oxygen atoms in total. The molecule has 0 atom stereocenters. The van der Waals surface area contributed by atoms with Gasteiger partial charge in [-0.25, -0.2) is 9.59 Å². The molecule has 0 aromatic heterocycles. The molecule has 0 radical (unpaired) electrons. The Kier molecular flexibility index (Phi) is 16.2. The smallest absolute Gasteiger partial charge is 0.333 e. The maximum Gasteiger partial charge on any atom is 0.333 e. The van der Waals surface area contributed by atoms with E-state index in [1.165, 1.54) is 12.1 Å². The van der Waals surface area contributed by atoms with Crippen LogP contribution in [0, 0.1) is 46.3 Å². The molecule has 330 valence electrons. The fourth-order valence-electron chi connectivity index (χ4n) is 6.85. The number of carbonyl (C=O) groups excluding carboxylic acids is 6. The van der Waals surface area contributed by atoms with E-state index >= 15 is 0 Å². The molecule has 3 aromatic rings. The third-order valence-electron chi connectivity index (χ3n) is 10.3. The van der Waals surface area contributed by atoms with Crippen LogP contribution in [0.1, 0.15) is 51.4 Å². The van der Waals surface area contributed by atoms with E-state index in [4.69, 9.17) is 37.9 Å². The highest BCUT2D eigenvalue weighted by atomic mass is 32.2. The zero-order valence-electron chi connectivity index (χ0n) is 34.1. The predicted molar refractivity (Wildman–Crippen MR) is 226 cm³/mol. The maximum atomic E-state index is 13.5. The van der Waals surface area contributed by atoms with Crippen LogP contribution in [0.4, 0.5) is 0 Å². The molecule has 18 heteroatoms. The number of hydrogen-bond donors (Lipinski definition) is 0. The second-order valence-electron chi connectivity index (χ2n) is 14.4. The molecule has 2 fully saturated rings. The third kappa shape index (κ3) is 12.3. The molecule has 0 spiro atoms. The van der Waals surface area contributed by atoms with Crippen molar-refractivity contribution in [1.29, 1.82) is 10.5 Å². The summed E-state index contributed by atoms with van der Waals surface area (Å²) in [5.41, 5.74) is -0.150. The molecule has 64 heavy (non-hydrogen) atoms. The van der Waals surface area contributed by atoms with Gasteiger partial charge in [0.05, 0.1) is 37.7 Å². The molecule has 3 aliphatic rings. The topological polar surface area (TPSA) is 224 Å². The second kappa shape index (κ2) is 22.4. The van der Waals surface area contributed by atoms with Crippen molar-refractivity contribution in [1.82, 2.24) is 0 Å². The van der Waals surface area contributed by atoms with Crippen LogP contribution in [0.25, 0.3) is 0 Å². The van der Waals surface area contributed by atoms with E-state index in [1.54, 1.807) is 48.5 Å². The lowest BCUT2D eigenvalue weighted by molar-refractivity contribution is -0.145. The molecular formula is C46H40N2O14S2. The number of allylic oxidation sites excluding steroid dienone is 1. The third-order valence-corrected chi connectivity index (χ3v) is 13.0. The van der Waals surface area contributed by atoms with Gasteiger partial charge in [-0.1, -0.05) is 36.7 Å². The monoisotopic (exact) mass is 908 g/mol. The van der Waals surface area contributed by atoms with E-state index in [0.717, 1.165) is 35.7 Å². The number of hydrogen-bond acceptors (Lipinski definition) is 18. The SMILES string of the molecule is C=CC(=O)OCOc1ccc(OC(=O)C2CCC(C(=O)Oc3ccc(OC(=O)C4CCC(C(=O)Oc5ccc(OCOC(=O)C=C)cc5)CC4)c4c3SC(=C(C#N)C#N)S4)CC2)cc1. The van der Waals surface area contributed by atoms with Crippen LogP contribution in [-0.2, 0) is 38.2 Å². The van der Waals surface area contributed by atoms with E-state index in [2.05, 4.69) is 13.2 Å². The first-order valence-corrected chi connectivity index (χ1v) is 21.6. The summed E-state index contributed by atoms with van der Waals surface area (Å²) >= 11 is 2.13. The van der Waals surface area contributed by atoms with Gasteiger partial charge in [0.25, 0.3) is 0 Å². The number of nitrogens with zero attached hydrogens (tertiary/aromatic N) is 2. The number of benzene rings is 3. The predicted octanol–water partition coefficient (Wildman–Crippen LogP) is 7.91. The van der Waals surface area contributed by atoms with Gasteiger partial charge in [0.15, 0.2) is 0 Å². The average molecular weight is 909 g/mol. The molecule has 1 aliphatic heterocycles. The van der Waals surface area contributed by atoms with Crippen molar-refractivity contribution >= 4 is 59.3 Å². The van der Waals surface area contributed by atoms with Crippen LogP contribution < -0.4 is 28.4 Å². The molecule has 3 aromatic carbocycles.